The van der Waals surface area contributed by atoms with Gasteiger partial charge in [-0.15, -0.1) is 0 Å². The van der Waals surface area contributed by atoms with Gasteiger partial charge in [-0.2, -0.15) is 0 Å². The van der Waals surface area contributed by atoms with Crippen LogP contribution in [-0.2, 0) is 16.0 Å². The van der Waals surface area contributed by atoms with Crippen LogP contribution in [0.1, 0.15) is 56.0 Å². The summed E-state index contributed by atoms with van der Waals surface area (Å²) in [4.78, 5) is 14.5. The van der Waals surface area contributed by atoms with Crippen LogP contribution >= 0.6 is 0 Å². The molecule has 1 aliphatic heterocycles. The van der Waals surface area contributed by atoms with Crippen LogP contribution in [-0.4, -0.2) is 42.8 Å². The lowest BCUT2D eigenvalue weighted by molar-refractivity contribution is -0.0300. The third kappa shape index (κ3) is 5.63. The summed E-state index contributed by atoms with van der Waals surface area (Å²) in [5, 5.41) is 0. The summed E-state index contributed by atoms with van der Waals surface area (Å²) in [6.07, 6.45) is 3.31. The maximum Gasteiger partial charge on any atom is 0.338 e. The second-order valence-corrected chi connectivity index (χ2v) is 6.44. The molecule has 0 saturated carbocycles. The van der Waals surface area contributed by atoms with Crippen molar-refractivity contribution < 1.29 is 14.3 Å². The Kier molecular flexibility index (Phi) is 7.06. The zero-order valence-corrected chi connectivity index (χ0v) is 14.6. The Balaban J connectivity index is 1.84. The molecular weight excluding hydrogens is 290 g/mol. The van der Waals surface area contributed by atoms with Crippen molar-refractivity contribution in [1.82, 2.24) is 4.90 Å². The van der Waals surface area contributed by atoms with Gasteiger partial charge in [0.1, 0.15) is 6.61 Å². The Morgan fingerprint density at radius 3 is 2.61 bits per heavy atom. The van der Waals surface area contributed by atoms with Gasteiger partial charge in [0.15, 0.2) is 0 Å². The van der Waals surface area contributed by atoms with Crippen LogP contribution < -0.4 is 0 Å². The van der Waals surface area contributed by atoms with E-state index in [1.807, 2.05) is 24.3 Å². The highest BCUT2D eigenvalue weighted by Gasteiger charge is 2.17. The van der Waals surface area contributed by atoms with E-state index < -0.39 is 0 Å². The van der Waals surface area contributed by atoms with E-state index in [0.717, 1.165) is 39.0 Å². The lowest BCUT2D eigenvalue weighted by Gasteiger charge is -2.24. The topological polar surface area (TPSA) is 38.8 Å². The predicted molar refractivity (Wildman–Crippen MR) is 91.5 cm³/mol. The van der Waals surface area contributed by atoms with Crippen LogP contribution in [0.25, 0.3) is 0 Å². The fourth-order valence-corrected chi connectivity index (χ4v) is 2.83. The van der Waals surface area contributed by atoms with E-state index in [0.29, 0.717) is 18.2 Å². The summed E-state index contributed by atoms with van der Waals surface area (Å²) in [6, 6.07) is 8.25. The first-order valence-corrected chi connectivity index (χ1v) is 8.72. The molecule has 1 unspecified atom stereocenters. The van der Waals surface area contributed by atoms with Crippen molar-refractivity contribution in [2.75, 3.05) is 19.8 Å². The number of rotatable bonds is 7. The molecule has 4 heteroatoms. The molecule has 128 valence electrons. The molecule has 0 spiro atoms. The first kappa shape index (κ1) is 18.0. The maximum absolute atomic E-state index is 12.1. The molecule has 1 aliphatic rings. The van der Waals surface area contributed by atoms with Gasteiger partial charge in [0.05, 0.1) is 11.7 Å². The largest absolute Gasteiger partial charge is 0.459 e. The van der Waals surface area contributed by atoms with Crippen LogP contribution in [0.5, 0.6) is 0 Å². The monoisotopic (exact) mass is 319 g/mol. The molecule has 23 heavy (non-hydrogen) atoms. The first-order valence-electron chi connectivity index (χ1n) is 8.72. The van der Waals surface area contributed by atoms with Crippen LogP contribution in [0.3, 0.4) is 0 Å². The number of carbonyl (C=O) groups is 1. The molecule has 0 aromatic heterocycles. The van der Waals surface area contributed by atoms with E-state index in [1.54, 1.807) is 0 Å². The summed E-state index contributed by atoms with van der Waals surface area (Å²) in [7, 11) is 0. The van der Waals surface area contributed by atoms with Gasteiger partial charge < -0.3 is 9.47 Å². The minimum absolute atomic E-state index is 0.0659. The van der Waals surface area contributed by atoms with E-state index in [-0.39, 0.29) is 12.1 Å². The molecule has 0 radical (unpaired) electrons. The molecule has 1 aromatic carbocycles. The third-order valence-electron chi connectivity index (χ3n) is 4.39. The standard InChI is InChI=1S/C19H29NO3/c1-4-20(15(2)3)13-16-8-10-17(11-9-16)19(21)23-14-18-7-5-6-12-22-18/h8-11,15,18H,4-7,12-14H2,1-3H3. The van der Waals surface area contributed by atoms with E-state index in [4.69, 9.17) is 9.47 Å². The van der Waals surface area contributed by atoms with E-state index >= 15 is 0 Å². The van der Waals surface area contributed by atoms with Crippen molar-refractivity contribution in [3.05, 3.63) is 35.4 Å². The molecular formula is C19H29NO3. The van der Waals surface area contributed by atoms with Crippen LogP contribution in [0.4, 0.5) is 0 Å². The molecule has 0 N–H and O–H groups in total. The molecule has 1 saturated heterocycles. The molecule has 0 aliphatic carbocycles. The van der Waals surface area contributed by atoms with Gasteiger partial charge in [0, 0.05) is 19.2 Å². The van der Waals surface area contributed by atoms with Gasteiger partial charge in [-0.05, 0) is 57.4 Å². The zero-order valence-electron chi connectivity index (χ0n) is 14.6. The van der Waals surface area contributed by atoms with Crippen LogP contribution in [0.2, 0.25) is 0 Å². The maximum atomic E-state index is 12.1. The van der Waals surface area contributed by atoms with Gasteiger partial charge in [-0.1, -0.05) is 19.1 Å². The van der Waals surface area contributed by atoms with E-state index in [9.17, 15) is 4.79 Å². The summed E-state index contributed by atoms with van der Waals surface area (Å²) in [5.41, 5.74) is 1.82. The van der Waals surface area contributed by atoms with Gasteiger partial charge in [-0.25, -0.2) is 4.79 Å². The first-order chi connectivity index (χ1) is 11.1. The number of esters is 1. The third-order valence-corrected chi connectivity index (χ3v) is 4.39. The summed E-state index contributed by atoms with van der Waals surface area (Å²) >= 11 is 0. The van der Waals surface area contributed by atoms with Gasteiger partial charge >= 0.3 is 5.97 Å². The fourth-order valence-electron chi connectivity index (χ4n) is 2.83. The number of nitrogens with zero attached hydrogens (tertiary/aromatic N) is 1. The quantitative estimate of drug-likeness (QED) is 0.719. The highest BCUT2D eigenvalue weighted by Crippen LogP contribution is 2.14. The molecule has 1 atom stereocenters. The average Bonchev–Trinajstić information content (AvgIpc) is 2.58. The summed E-state index contributed by atoms with van der Waals surface area (Å²) in [6.45, 7) is 9.62. The molecule has 0 amide bonds. The summed E-state index contributed by atoms with van der Waals surface area (Å²) < 4.78 is 11.0. The Morgan fingerprint density at radius 2 is 2.04 bits per heavy atom. The van der Waals surface area contributed by atoms with Gasteiger partial charge in [-0.3, -0.25) is 4.90 Å². The van der Waals surface area contributed by atoms with E-state index in [1.165, 1.54) is 5.56 Å². The fraction of sp³-hybridized carbons (Fsp3) is 0.632. The molecule has 2 rings (SSSR count). The molecule has 1 aromatic rings. The highest BCUT2D eigenvalue weighted by molar-refractivity contribution is 5.89. The second-order valence-electron chi connectivity index (χ2n) is 6.44. The van der Waals surface area contributed by atoms with Crippen molar-refractivity contribution in [3.63, 3.8) is 0 Å². The van der Waals surface area contributed by atoms with Crippen molar-refractivity contribution in [3.8, 4) is 0 Å². The van der Waals surface area contributed by atoms with Crippen molar-refractivity contribution >= 4 is 5.97 Å². The number of ether oxygens (including phenoxy) is 2. The Hall–Kier alpha value is -1.39. The normalized spacial score (nSPS) is 18.4. The predicted octanol–water partition coefficient (Wildman–Crippen LogP) is 3.64. The van der Waals surface area contributed by atoms with E-state index in [2.05, 4.69) is 25.7 Å². The SMILES string of the molecule is CCN(Cc1ccc(C(=O)OCC2CCCCO2)cc1)C(C)C. The average molecular weight is 319 g/mol. The van der Waals surface area contributed by atoms with Crippen LogP contribution in [0.15, 0.2) is 24.3 Å². The lowest BCUT2D eigenvalue weighted by Crippen LogP contribution is -2.29. The molecule has 0 bridgehead atoms. The van der Waals surface area contributed by atoms with Crippen LogP contribution in [0, 0.1) is 0 Å². The number of hydrogen-bond acceptors (Lipinski definition) is 4. The van der Waals surface area contributed by atoms with Crippen molar-refractivity contribution in [2.45, 2.75) is 58.7 Å². The minimum Gasteiger partial charge on any atom is -0.459 e. The Morgan fingerprint density at radius 1 is 1.30 bits per heavy atom. The van der Waals surface area contributed by atoms with Crippen molar-refractivity contribution in [2.24, 2.45) is 0 Å². The second kappa shape index (κ2) is 9.04. The smallest absolute Gasteiger partial charge is 0.338 e. The minimum atomic E-state index is -0.262. The molecule has 1 fully saturated rings. The van der Waals surface area contributed by atoms with Gasteiger partial charge in [0.2, 0.25) is 0 Å². The van der Waals surface area contributed by atoms with Gasteiger partial charge in [0.25, 0.3) is 0 Å². The number of benzene rings is 1. The summed E-state index contributed by atoms with van der Waals surface area (Å²) in [5.74, 6) is -0.262. The Labute approximate surface area is 139 Å². The number of hydrogen-bond donors (Lipinski definition) is 0. The molecule has 1 heterocycles. The Bertz CT molecular complexity index is 478. The number of carbonyl (C=O) groups excluding carboxylic acids is 1. The lowest BCUT2D eigenvalue weighted by atomic mass is 10.1. The van der Waals surface area contributed by atoms with Crippen molar-refractivity contribution in [1.29, 1.82) is 0 Å². The zero-order chi connectivity index (χ0) is 16.7. The molecule has 4 nitrogen and oxygen atoms in total. The highest BCUT2D eigenvalue weighted by atomic mass is 16.6.